The number of allylic oxidation sites excluding steroid dienone is 1. The highest BCUT2D eigenvalue weighted by Gasteiger charge is 2.01. The van der Waals surface area contributed by atoms with Gasteiger partial charge in [0.15, 0.2) is 0 Å². The summed E-state index contributed by atoms with van der Waals surface area (Å²) in [6.07, 6.45) is 2.75. The van der Waals surface area contributed by atoms with Crippen LogP contribution in [0.15, 0.2) is 36.4 Å². The van der Waals surface area contributed by atoms with Gasteiger partial charge in [-0.15, -0.1) is 0 Å². The van der Waals surface area contributed by atoms with Gasteiger partial charge in [0.25, 0.3) is 0 Å². The second-order valence-corrected chi connectivity index (χ2v) is 3.55. The predicted octanol–water partition coefficient (Wildman–Crippen LogP) is 2.13. The standard InChI is InChI=1S/C13H14O4/c1-10(2)16-11-5-7-12(8-6-11)17-13(15)4-3-9-14/h3-10H,1-2H3. The molecule has 0 saturated carbocycles. The van der Waals surface area contributed by atoms with Crippen LogP contribution >= 0.6 is 0 Å². The summed E-state index contributed by atoms with van der Waals surface area (Å²) in [4.78, 5) is 21.1. The number of benzene rings is 1. The molecule has 0 aliphatic heterocycles. The molecule has 0 bridgehead atoms. The van der Waals surface area contributed by atoms with Crippen LogP contribution in [0.25, 0.3) is 0 Å². The minimum Gasteiger partial charge on any atom is -0.491 e. The molecule has 0 aliphatic carbocycles. The van der Waals surface area contributed by atoms with E-state index < -0.39 is 5.97 Å². The molecular formula is C13H14O4. The van der Waals surface area contributed by atoms with Gasteiger partial charge in [-0.2, -0.15) is 0 Å². The summed E-state index contributed by atoms with van der Waals surface area (Å²) >= 11 is 0. The molecule has 1 rings (SSSR count). The first-order chi connectivity index (χ1) is 8.11. The zero-order chi connectivity index (χ0) is 12.7. The Hall–Kier alpha value is -2.10. The molecule has 0 saturated heterocycles. The average molecular weight is 234 g/mol. The van der Waals surface area contributed by atoms with Crippen LogP contribution in [0.5, 0.6) is 11.5 Å². The van der Waals surface area contributed by atoms with E-state index in [9.17, 15) is 9.59 Å². The van der Waals surface area contributed by atoms with Crippen molar-refractivity contribution in [3.8, 4) is 11.5 Å². The number of esters is 1. The van der Waals surface area contributed by atoms with Gasteiger partial charge in [-0.1, -0.05) is 0 Å². The highest BCUT2D eigenvalue weighted by atomic mass is 16.5. The van der Waals surface area contributed by atoms with E-state index in [0.717, 1.165) is 12.2 Å². The summed E-state index contributed by atoms with van der Waals surface area (Å²) in [7, 11) is 0. The van der Waals surface area contributed by atoms with Crippen LogP contribution in [0, 0.1) is 0 Å². The average Bonchev–Trinajstić information content (AvgIpc) is 2.28. The van der Waals surface area contributed by atoms with Gasteiger partial charge in [-0.05, 0) is 44.2 Å². The maximum absolute atomic E-state index is 11.1. The number of carbonyl (C=O) groups is 2. The second kappa shape index (κ2) is 6.48. The summed E-state index contributed by atoms with van der Waals surface area (Å²) in [5.74, 6) is 0.527. The summed E-state index contributed by atoms with van der Waals surface area (Å²) in [5.41, 5.74) is 0. The Kier molecular flexibility index (Phi) is 4.94. The molecule has 0 spiro atoms. The van der Waals surface area contributed by atoms with E-state index in [-0.39, 0.29) is 6.10 Å². The number of hydrogen-bond donors (Lipinski definition) is 0. The van der Waals surface area contributed by atoms with Crippen LogP contribution in [0.4, 0.5) is 0 Å². The first kappa shape index (κ1) is 13.0. The summed E-state index contributed by atoms with van der Waals surface area (Å²) in [6, 6.07) is 6.69. The van der Waals surface area contributed by atoms with Crippen molar-refractivity contribution in [2.75, 3.05) is 0 Å². The van der Waals surface area contributed by atoms with Crippen molar-refractivity contribution in [1.29, 1.82) is 0 Å². The van der Waals surface area contributed by atoms with Crippen molar-refractivity contribution in [3.63, 3.8) is 0 Å². The largest absolute Gasteiger partial charge is 0.491 e. The first-order valence-electron chi connectivity index (χ1n) is 5.22. The Morgan fingerprint density at radius 1 is 1.18 bits per heavy atom. The maximum atomic E-state index is 11.1. The van der Waals surface area contributed by atoms with E-state index in [1.54, 1.807) is 24.3 Å². The Labute approximate surface area is 99.8 Å². The van der Waals surface area contributed by atoms with E-state index >= 15 is 0 Å². The zero-order valence-electron chi connectivity index (χ0n) is 9.75. The lowest BCUT2D eigenvalue weighted by atomic mass is 10.3. The molecule has 90 valence electrons. The van der Waals surface area contributed by atoms with Crippen LogP contribution < -0.4 is 9.47 Å². The summed E-state index contributed by atoms with van der Waals surface area (Å²) < 4.78 is 10.4. The fourth-order valence-electron chi connectivity index (χ4n) is 1.13. The molecule has 0 aliphatic rings. The van der Waals surface area contributed by atoms with E-state index in [2.05, 4.69) is 0 Å². The number of carbonyl (C=O) groups excluding carboxylic acids is 2. The van der Waals surface area contributed by atoms with Crippen LogP contribution in [0.3, 0.4) is 0 Å². The third-order valence-corrected chi connectivity index (χ3v) is 1.72. The lowest BCUT2D eigenvalue weighted by molar-refractivity contribution is -0.129. The minimum atomic E-state index is -0.588. The molecule has 0 heterocycles. The van der Waals surface area contributed by atoms with Gasteiger partial charge in [0.2, 0.25) is 0 Å². The molecule has 1 aromatic rings. The van der Waals surface area contributed by atoms with E-state index in [4.69, 9.17) is 9.47 Å². The summed E-state index contributed by atoms with van der Waals surface area (Å²) in [6.45, 7) is 3.86. The molecule has 0 fully saturated rings. The van der Waals surface area contributed by atoms with Gasteiger partial charge in [-0.25, -0.2) is 4.79 Å². The normalized spacial score (nSPS) is 10.5. The predicted molar refractivity (Wildman–Crippen MR) is 63.0 cm³/mol. The highest BCUT2D eigenvalue weighted by Crippen LogP contribution is 2.18. The van der Waals surface area contributed by atoms with Gasteiger partial charge in [0, 0.05) is 6.08 Å². The molecule has 0 unspecified atom stereocenters. The topological polar surface area (TPSA) is 52.6 Å². The van der Waals surface area contributed by atoms with Crippen molar-refractivity contribution in [2.24, 2.45) is 0 Å². The number of hydrogen-bond acceptors (Lipinski definition) is 4. The monoisotopic (exact) mass is 234 g/mol. The minimum absolute atomic E-state index is 0.0962. The third-order valence-electron chi connectivity index (χ3n) is 1.72. The van der Waals surface area contributed by atoms with Crippen molar-refractivity contribution in [1.82, 2.24) is 0 Å². The Balaban J connectivity index is 2.59. The highest BCUT2D eigenvalue weighted by molar-refractivity contribution is 5.88. The SMILES string of the molecule is CC(C)Oc1ccc(OC(=O)C=CC=O)cc1. The van der Waals surface area contributed by atoms with Gasteiger partial charge in [-0.3, -0.25) is 4.79 Å². The molecule has 0 atom stereocenters. The lowest BCUT2D eigenvalue weighted by Crippen LogP contribution is -2.06. The van der Waals surface area contributed by atoms with E-state index in [1.165, 1.54) is 0 Å². The quantitative estimate of drug-likeness (QED) is 0.339. The summed E-state index contributed by atoms with van der Waals surface area (Å²) in [5, 5.41) is 0. The van der Waals surface area contributed by atoms with Crippen LogP contribution in [0.2, 0.25) is 0 Å². The van der Waals surface area contributed by atoms with Crippen molar-refractivity contribution in [3.05, 3.63) is 36.4 Å². The first-order valence-corrected chi connectivity index (χ1v) is 5.22. The smallest absolute Gasteiger partial charge is 0.336 e. The molecular weight excluding hydrogens is 220 g/mol. The van der Waals surface area contributed by atoms with Gasteiger partial charge < -0.3 is 9.47 Å². The molecule has 0 N–H and O–H groups in total. The Morgan fingerprint density at radius 3 is 2.29 bits per heavy atom. The van der Waals surface area contributed by atoms with Crippen molar-refractivity contribution >= 4 is 12.3 Å². The molecule has 0 radical (unpaired) electrons. The number of aldehydes is 1. The molecule has 1 aromatic carbocycles. The van der Waals surface area contributed by atoms with Crippen molar-refractivity contribution in [2.45, 2.75) is 20.0 Å². The molecule has 17 heavy (non-hydrogen) atoms. The molecule has 0 amide bonds. The van der Waals surface area contributed by atoms with E-state index in [0.29, 0.717) is 17.8 Å². The zero-order valence-corrected chi connectivity index (χ0v) is 9.75. The molecule has 0 aromatic heterocycles. The van der Waals surface area contributed by atoms with E-state index in [1.807, 2.05) is 13.8 Å². The Morgan fingerprint density at radius 2 is 1.76 bits per heavy atom. The molecule has 4 nitrogen and oxygen atoms in total. The third kappa shape index (κ3) is 4.97. The Bertz CT molecular complexity index is 404. The van der Waals surface area contributed by atoms with Crippen LogP contribution in [0.1, 0.15) is 13.8 Å². The second-order valence-electron chi connectivity index (χ2n) is 3.55. The molecule has 4 heteroatoms. The fourth-order valence-corrected chi connectivity index (χ4v) is 1.13. The number of rotatable bonds is 5. The van der Waals surface area contributed by atoms with Gasteiger partial charge in [0.1, 0.15) is 17.8 Å². The maximum Gasteiger partial charge on any atom is 0.336 e. The fraction of sp³-hybridized carbons (Fsp3) is 0.231. The van der Waals surface area contributed by atoms with Crippen LogP contribution in [-0.4, -0.2) is 18.4 Å². The number of ether oxygens (including phenoxy) is 2. The lowest BCUT2D eigenvalue weighted by Gasteiger charge is -2.09. The van der Waals surface area contributed by atoms with Crippen molar-refractivity contribution < 1.29 is 19.1 Å². The van der Waals surface area contributed by atoms with Gasteiger partial charge >= 0.3 is 5.97 Å². The van der Waals surface area contributed by atoms with Crippen LogP contribution in [-0.2, 0) is 9.59 Å². The van der Waals surface area contributed by atoms with Gasteiger partial charge in [0.05, 0.1) is 6.10 Å².